The van der Waals surface area contributed by atoms with Gasteiger partial charge in [0, 0.05) is 0 Å². The molecule has 2 rings (SSSR count). The van der Waals surface area contributed by atoms with Crippen molar-refractivity contribution in [3.05, 3.63) is 51.7 Å². The summed E-state index contributed by atoms with van der Waals surface area (Å²) in [5, 5.41) is 13.0. The number of hydrogen-bond donors (Lipinski definition) is 2. The van der Waals surface area contributed by atoms with Crippen molar-refractivity contribution in [2.75, 3.05) is 6.54 Å². The standard InChI is InChI=1S/C14H15FN2O2S/c1-9-12(20-8-17-9)13(18)16-7-14(2,19)10-3-5-11(15)6-4-10/h3-6,8,19H,7H2,1-2H3,(H,16,18). The molecule has 1 unspecified atom stereocenters. The summed E-state index contributed by atoms with van der Waals surface area (Å²) in [4.78, 5) is 16.5. The van der Waals surface area contributed by atoms with Crippen molar-refractivity contribution in [1.82, 2.24) is 10.3 Å². The molecule has 0 spiro atoms. The molecular weight excluding hydrogens is 279 g/mol. The Hall–Kier alpha value is -1.79. The number of thiazole rings is 1. The van der Waals surface area contributed by atoms with Crippen LogP contribution in [0.4, 0.5) is 4.39 Å². The van der Waals surface area contributed by atoms with Gasteiger partial charge in [-0.2, -0.15) is 0 Å². The Morgan fingerprint density at radius 3 is 2.65 bits per heavy atom. The first kappa shape index (κ1) is 14.6. The van der Waals surface area contributed by atoms with E-state index in [-0.39, 0.29) is 18.3 Å². The number of hydrogen-bond acceptors (Lipinski definition) is 4. The number of halogens is 1. The zero-order valence-electron chi connectivity index (χ0n) is 11.2. The molecule has 0 bridgehead atoms. The first-order chi connectivity index (χ1) is 9.40. The van der Waals surface area contributed by atoms with Gasteiger partial charge in [0.05, 0.1) is 17.7 Å². The predicted molar refractivity (Wildman–Crippen MR) is 75.2 cm³/mol. The molecule has 0 aliphatic carbocycles. The van der Waals surface area contributed by atoms with Crippen molar-refractivity contribution >= 4 is 17.2 Å². The van der Waals surface area contributed by atoms with Gasteiger partial charge in [-0.3, -0.25) is 4.79 Å². The van der Waals surface area contributed by atoms with E-state index in [2.05, 4.69) is 10.3 Å². The van der Waals surface area contributed by atoms with Gasteiger partial charge in [-0.15, -0.1) is 11.3 Å². The molecule has 4 nitrogen and oxygen atoms in total. The van der Waals surface area contributed by atoms with Crippen molar-refractivity contribution in [2.24, 2.45) is 0 Å². The molecule has 1 aromatic heterocycles. The van der Waals surface area contributed by atoms with E-state index in [9.17, 15) is 14.3 Å². The second kappa shape index (κ2) is 5.68. The van der Waals surface area contributed by atoms with Gasteiger partial charge in [0.1, 0.15) is 16.3 Å². The molecular formula is C14H15FN2O2S. The highest BCUT2D eigenvalue weighted by molar-refractivity contribution is 7.11. The fourth-order valence-electron chi connectivity index (χ4n) is 1.76. The summed E-state index contributed by atoms with van der Waals surface area (Å²) in [7, 11) is 0. The van der Waals surface area contributed by atoms with Crippen LogP contribution in [0.15, 0.2) is 29.8 Å². The summed E-state index contributed by atoms with van der Waals surface area (Å²) in [6.45, 7) is 3.36. The third-order valence-corrected chi connectivity index (χ3v) is 3.94. The molecule has 20 heavy (non-hydrogen) atoms. The maximum atomic E-state index is 12.9. The zero-order chi connectivity index (χ0) is 14.8. The molecule has 0 aliphatic rings. The number of benzene rings is 1. The Morgan fingerprint density at radius 2 is 2.10 bits per heavy atom. The van der Waals surface area contributed by atoms with Crippen LogP contribution in [0.3, 0.4) is 0 Å². The van der Waals surface area contributed by atoms with Crippen LogP contribution in [0.25, 0.3) is 0 Å². The number of carbonyl (C=O) groups excluding carboxylic acids is 1. The second-order valence-electron chi connectivity index (χ2n) is 4.73. The third kappa shape index (κ3) is 3.20. The highest BCUT2D eigenvalue weighted by atomic mass is 32.1. The number of aryl methyl sites for hydroxylation is 1. The number of aromatic nitrogens is 1. The minimum absolute atomic E-state index is 0.0365. The molecule has 0 fully saturated rings. The lowest BCUT2D eigenvalue weighted by Gasteiger charge is -2.24. The largest absolute Gasteiger partial charge is 0.384 e. The van der Waals surface area contributed by atoms with E-state index >= 15 is 0 Å². The normalized spacial score (nSPS) is 13.8. The molecule has 1 atom stereocenters. The first-order valence-corrected chi connectivity index (χ1v) is 6.95. The van der Waals surface area contributed by atoms with Crippen molar-refractivity contribution in [2.45, 2.75) is 19.4 Å². The molecule has 0 saturated heterocycles. The van der Waals surface area contributed by atoms with E-state index in [1.165, 1.54) is 35.6 Å². The van der Waals surface area contributed by atoms with Gasteiger partial charge in [0.2, 0.25) is 0 Å². The van der Waals surface area contributed by atoms with Crippen molar-refractivity contribution < 1.29 is 14.3 Å². The fraction of sp³-hybridized carbons (Fsp3) is 0.286. The number of rotatable bonds is 4. The number of carbonyl (C=O) groups is 1. The Kier molecular flexibility index (Phi) is 4.15. The SMILES string of the molecule is Cc1ncsc1C(=O)NCC(C)(O)c1ccc(F)cc1. The fourth-order valence-corrected chi connectivity index (χ4v) is 2.48. The van der Waals surface area contributed by atoms with E-state index in [0.29, 0.717) is 16.1 Å². The average Bonchev–Trinajstić information content (AvgIpc) is 2.83. The molecule has 0 radical (unpaired) electrons. The van der Waals surface area contributed by atoms with Gasteiger partial charge in [-0.25, -0.2) is 9.37 Å². The van der Waals surface area contributed by atoms with Crippen molar-refractivity contribution in [3.8, 4) is 0 Å². The summed E-state index contributed by atoms with van der Waals surface area (Å²) >= 11 is 1.25. The minimum atomic E-state index is -1.26. The maximum absolute atomic E-state index is 12.9. The van der Waals surface area contributed by atoms with E-state index in [1.807, 2.05) is 0 Å². The van der Waals surface area contributed by atoms with E-state index in [1.54, 1.807) is 19.4 Å². The van der Waals surface area contributed by atoms with E-state index in [4.69, 9.17) is 0 Å². The smallest absolute Gasteiger partial charge is 0.263 e. The topological polar surface area (TPSA) is 62.2 Å². The van der Waals surface area contributed by atoms with Crippen molar-refractivity contribution in [1.29, 1.82) is 0 Å². The molecule has 1 amide bonds. The molecule has 1 aromatic carbocycles. The quantitative estimate of drug-likeness (QED) is 0.909. The van der Waals surface area contributed by atoms with Gasteiger partial charge in [-0.1, -0.05) is 12.1 Å². The van der Waals surface area contributed by atoms with Crippen LogP contribution in [0, 0.1) is 12.7 Å². The van der Waals surface area contributed by atoms with Crippen LogP contribution in [-0.4, -0.2) is 22.5 Å². The maximum Gasteiger partial charge on any atom is 0.263 e. The number of nitrogens with one attached hydrogen (secondary N) is 1. The lowest BCUT2D eigenvalue weighted by molar-refractivity contribution is 0.0527. The van der Waals surface area contributed by atoms with E-state index in [0.717, 1.165) is 0 Å². The van der Waals surface area contributed by atoms with E-state index < -0.39 is 5.60 Å². The van der Waals surface area contributed by atoms with Gasteiger partial charge < -0.3 is 10.4 Å². The summed E-state index contributed by atoms with van der Waals surface area (Å²) in [6, 6.07) is 5.55. The summed E-state index contributed by atoms with van der Waals surface area (Å²) in [6.07, 6.45) is 0. The van der Waals surface area contributed by atoms with Gasteiger partial charge >= 0.3 is 0 Å². The number of amides is 1. The summed E-state index contributed by atoms with van der Waals surface area (Å²) in [5.41, 5.74) is 1.54. The Labute approximate surface area is 120 Å². The van der Waals surface area contributed by atoms with Gasteiger partial charge in [0.15, 0.2) is 0 Å². The minimum Gasteiger partial charge on any atom is -0.384 e. The second-order valence-corrected chi connectivity index (χ2v) is 5.59. The lowest BCUT2D eigenvalue weighted by atomic mass is 9.96. The number of aliphatic hydroxyl groups is 1. The highest BCUT2D eigenvalue weighted by Crippen LogP contribution is 2.20. The lowest BCUT2D eigenvalue weighted by Crippen LogP contribution is -2.38. The Balaban J connectivity index is 2.04. The van der Waals surface area contributed by atoms with Crippen LogP contribution in [0.2, 0.25) is 0 Å². The predicted octanol–water partition coefficient (Wildman–Crippen LogP) is 2.23. The van der Waals surface area contributed by atoms with Gasteiger partial charge in [-0.05, 0) is 31.5 Å². The average molecular weight is 294 g/mol. The Morgan fingerprint density at radius 1 is 1.45 bits per heavy atom. The van der Waals surface area contributed by atoms with Gasteiger partial charge in [0.25, 0.3) is 5.91 Å². The Bertz CT molecular complexity index is 608. The van der Waals surface area contributed by atoms with Crippen molar-refractivity contribution in [3.63, 3.8) is 0 Å². The molecule has 2 N–H and O–H groups in total. The van der Waals surface area contributed by atoms with Crippen LogP contribution >= 0.6 is 11.3 Å². The molecule has 6 heteroatoms. The molecule has 2 aromatic rings. The van der Waals surface area contributed by atoms with Crippen LogP contribution < -0.4 is 5.32 Å². The summed E-state index contributed by atoms with van der Waals surface area (Å²) in [5.74, 6) is -0.638. The molecule has 0 saturated carbocycles. The molecule has 106 valence electrons. The molecule has 0 aliphatic heterocycles. The third-order valence-electron chi connectivity index (χ3n) is 3.01. The molecule has 1 heterocycles. The number of nitrogens with zero attached hydrogens (tertiary/aromatic N) is 1. The first-order valence-electron chi connectivity index (χ1n) is 6.07. The summed E-state index contributed by atoms with van der Waals surface area (Å²) < 4.78 is 12.9. The highest BCUT2D eigenvalue weighted by Gasteiger charge is 2.24. The van der Waals surface area contributed by atoms with Crippen LogP contribution in [0.5, 0.6) is 0 Å². The zero-order valence-corrected chi connectivity index (χ0v) is 12.0. The van der Waals surface area contributed by atoms with Crippen LogP contribution in [0.1, 0.15) is 27.9 Å². The monoisotopic (exact) mass is 294 g/mol. The van der Waals surface area contributed by atoms with Crippen LogP contribution in [-0.2, 0) is 5.60 Å².